The van der Waals surface area contributed by atoms with Gasteiger partial charge < -0.3 is 23.2 Å². The number of rotatable bonds is 5. The molecule has 1 saturated heterocycles. The molecular weight excluding hydrogens is 382 g/mol. The van der Waals surface area contributed by atoms with Crippen molar-refractivity contribution < 1.29 is 18.3 Å². The van der Waals surface area contributed by atoms with Crippen molar-refractivity contribution in [2.45, 2.75) is 46.5 Å². The third-order valence-corrected chi connectivity index (χ3v) is 5.15. The molecule has 1 aliphatic rings. The van der Waals surface area contributed by atoms with E-state index in [0.717, 1.165) is 5.75 Å². The largest absolute Gasteiger partial charge is 0.486 e. The first-order chi connectivity index (χ1) is 14.4. The number of ether oxygens (including phenoxy) is 2. The minimum absolute atomic E-state index is 0.0478. The topological polar surface area (TPSA) is 84.7 Å². The Morgan fingerprint density at radius 1 is 1.10 bits per heavy atom. The van der Waals surface area contributed by atoms with E-state index in [9.17, 15) is 5.26 Å². The zero-order valence-electron chi connectivity index (χ0n) is 17.6. The fraction of sp³-hybridized carbons (Fsp3) is 0.391. The molecule has 1 aromatic carbocycles. The second-order valence-corrected chi connectivity index (χ2v) is 7.75. The molecule has 7 heteroatoms. The van der Waals surface area contributed by atoms with E-state index in [1.165, 1.54) is 11.1 Å². The standard InChI is InChI=1S/C23H25N3O4/c1-14-5-6-18(9-15(14)2)27-13-19-7-8-21(29-19)22-25-20(10-24)23(30-22)26-11-16(3)28-17(4)12-26/h5-9,16-17H,11-13H2,1-4H3/t16-,17-/m1/s1. The molecule has 1 aliphatic heterocycles. The average Bonchev–Trinajstić information content (AvgIpc) is 3.35. The van der Waals surface area contributed by atoms with Crippen LogP contribution in [0.2, 0.25) is 0 Å². The number of morpholine rings is 1. The van der Waals surface area contributed by atoms with Gasteiger partial charge in [0.15, 0.2) is 5.76 Å². The zero-order chi connectivity index (χ0) is 21.3. The van der Waals surface area contributed by atoms with Crippen molar-refractivity contribution in [3.63, 3.8) is 0 Å². The number of furan rings is 1. The highest BCUT2D eigenvalue weighted by Gasteiger charge is 2.28. The maximum absolute atomic E-state index is 9.52. The summed E-state index contributed by atoms with van der Waals surface area (Å²) in [6.07, 6.45) is 0.0956. The first kappa shape index (κ1) is 20.0. The molecule has 2 aromatic heterocycles. The Balaban J connectivity index is 1.50. The fourth-order valence-electron chi connectivity index (χ4n) is 3.58. The van der Waals surface area contributed by atoms with Gasteiger partial charge in [-0.3, -0.25) is 0 Å². The van der Waals surface area contributed by atoms with Crippen LogP contribution in [0, 0.1) is 25.2 Å². The molecule has 0 amide bonds. The Hall–Kier alpha value is -3.24. The number of aryl methyl sites for hydroxylation is 2. The highest BCUT2D eigenvalue weighted by molar-refractivity contribution is 5.56. The summed E-state index contributed by atoms with van der Waals surface area (Å²) in [5.74, 6) is 2.64. The van der Waals surface area contributed by atoms with Crippen LogP contribution in [-0.4, -0.2) is 30.3 Å². The van der Waals surface area contributed by atoms with Crippen molar-refractivity contribution >= 4 is 5.88 Å². The zero-order valence-corrected chi connectivity index (χ0v) is 17.6. The Labute approximate surface area is 175 Å². The van der Waals surface area contributed by atoms with Gasteiger partial charge in [0.05, 0.1) is 12.2 Å². The van der Waals surface area contributed by atoms with E-state index in [1.807, 2.05) is 43.0 Å². The van der Waals surface area contributed by atoms with E-state index >= 15 is 0 Å². The smallest absolute Gasteiger partial charge is 0.266 e. The SMILES string of the molecule is Cc1ccc(OCc2ccc(-c3nc(C#N)c(N4C[C@@H](C)O[C@H](C)C4)o3)o2)cc1C. The summed E-state index contributed by atoms with van der Waals surface area (Å²) in [6, 6.07) is 11.7. The molecule has 4 rings (SSSR count). The van der Waals surface area contributed by atoms with Crippen LogP contribution in [0.3, 0.4) is 0 Å². The summed E-state index contributed by atoms with van der Waals surface area (Å²) < 4.78 is 23.4. The normalized spacial score (nSPS) is 19.0. The molecule has 30 heavy (non-hydrogen) atoms. The second-order valence-electron chi connectivity index (χ2n) is 7.75. The van der Waals surface area contributed by atoms with Crippen molar-refractivity contribution in [1.82, 2.24) is 4.98 Å². The van der Waals surface area contributed by atoms with Gasteiger partial charge >= 0.3 is 0 Å². The Kier molecular flexibility index (Phi) is 5.51. The quantitative estimate of drug-likeness (QED) is 0.610. The summed E-state index contributed by atoms with van der Waals surface area (Å²) in [4.78, 5) is 6.33. The minimum Gasteiger partial charge on any atom is -0.486 e. The van der Waals surface area contributed by atoms with Gasteiger partial charge in [-0.2, -0.15) is 10.2 Å². The highest BCUT2D eigenvalue weighted by atomic mass is 16.5. The maximum Gasteiger partial charge on any atom is 0.266 e. The van der Waals surface area contributed by atoms with Crippen LogP contribution >= 0.6 is 0 Å². The number of nitriles is 1. The summed E-state index contributed by atoms with van der Waals surface area (Å²) in [5, 5.41) is 9.52. The van der Waals surface area contributed by atoms with Crippen LogP contribution in [0.25, 0.3) is 11.7 Å². The van der Waals surface area contributed by atoms with Gasteiger partial charge in [0.2, 0.25) is 11.6 Å². The molecule has 0 radical (unpaired) electrons. The van der Waals surface area contributed by atoms with Crippen molar-refractivity contribution in [1.29, 1.82) is 5.26 Å². The molecule has 2 atom stereocenters. The highest BCUT2D eigenvalue weighted by Crippen LogP contribution is 2.31. The fourth-order valence-corrected chi connectivity index (χ4v) is 3.58. The van der Waals surface area contributed by atoms with Crippen LogP contribution in [0.1, 0.15) is 36.4 Å². The predicted molar refractivity (Wildman–Crippen MR) is 111 cm³/mol. The van der Waals surface area contributed by atoms with Crippen LogP contribution in [0.4, 0.5) is 5.88 Å². The molecule has 0 N–H and O–H groups in total. The molecule has 7 nitrogen and oxygen atoms in total. The summed E-state index contributed by atoms with van der Waals surface area (Å²) in [7, 11) is 0. The molecule has 0 saturated carbocycles. The maximum atomic E-state index is 9.52. The Morgan fingerprint density at radius 3 is 2.57 bits per heavy atom. The van der Waals surface area contributed by atoms with E-state index in [4.69, 9.17) is 18.3 Å². The second kappa shape index (κ2) is 8.25. The van der Waals surface area contributed by atoms with E-state index in [-0.39, 0.29) is 23.8 Å². The van der Waals surface area contributed by atoms with Gasteiger partial charge in [-0.15, -0.1) is 0 Å². The van der Waals surface area contributed by atoms with Crippen LogP contribution in [0.5, 0.6) is 5.75 Å². The Bertz CT molecular complexity index is 1070. The van der Waals surface area contributed by atoms with Gasteiger partial charge in [-0.05, 0) is 63.1 Å². The number of anilines is 1. The van der Waals surface area contributed by atoms with E-state index in [0.29, 0.717) is 37.1 Å². The average molecular weight is 407 g/mol. The third-order valence-electron chi connectivity index (χ3n) is 5.15. The van der Waals surface area contributed by atoms with Gasteiger partial charge in [-0.1, -0.05) is 6.07 Å². The lowest BCUT2D eigenvalue weighted by atomic mass is 10.1. The molecule has 0 aliphatic carbocycles. The predicted octanol–water partition coefficient (Wildman–Crippen LogP) is 4.62. The van der Waals surface area contributed by atoms with Gasteiger partial charge in [0.1, 0.15) is 24.2 Å². The van der Waals surface area contributed by atoms with Crippen molar-refractivity contribution in [2.24, 2.45) is 0 Å². The number of nitrogens with zero attached hydrogens (tertiary/aromatic N) is 3. The van der Waals surface area contributed by atoms with Crippen molar-refractivity contribution in [2.75, 3.05) is 18.0 Å². The molecule has 0 spiro atoms. The summed E-state index contributed by atoms with van der Waals surface area (Å²) in [5.41, 5.74) is 2.64. The lowest BCUT2D eigenvalue weighted by Crippen LogP contribution is -2.45. The van der Waals surface area contributed by atoms with E-state index in [2.05, 4.69) is 24.9 Å². The van der Waals surface area contributed by atoms with Gasteiger partial charge in [0, 0.05) is 13.1 Å². The molecule has 0 bridgehead atoms. The monoisotopic (exact) mass is 407 g/mol. The minimum atomic E-state index is 0.0478. The third kappa shape index (κ3) is 4.19. The Morgan fingerprint density at radius 2 is 1.87 bits per heavy atom. The molecule has 0 unspecified atom stereocenters. The van der Waals surface area contributed by atoms with Crippen LogP contribution in [0.15, 0.2) is 39.2 Å². The first-order valence-corrected chi connectivity index (χ1v) is 10.0. The summed E-state index contributed by atoms with van der Waals surface area (Å²) in [6.45, 7) is 9.69. The molecule has 1 fully saturated rings. The van der Waals surface area contributed by atoms with Crippen molar-refractivity contribution in [3.8, 4) is 23.5 Å². The molecular formula is C23H25N3O4. The number of benzene rings is 1. The first-order valence-electron chi connectivity index (χ1n) is 10.0. The molecule has 156 valence electrons. The van der Waals surface area contributed by atoms with Crippen molar-refractivity contribution in [3.05, 3.63) is 52.9 Å². The number of hydrogen-bond donors (Lipinski definition) is 0. The molecule has 3 aromatic rings. The number of oxazole rings is 1. The van der Waals surface area contributed by atoms with Crippen LogP contribution < -0.4 is 9.64 Å². The lowest BCUT2D eigenvalue weighted by Gasteiger charge is -2.34. The molecule has 3 heterocycles. The van der Waals surface area contributed by atoms with E-state index < -0.39 is 0 Å². The number of hydrogen-bond acceptors (Lipinski definition) is 7. The van der Waals surface area contributed by atoms with Gasteiger partial charge in [-0.25, -0.2) is 0 Å². The van der Waals surface area contributed by atoms with Gasteiger partial charge in [0.25, 0.3) is 5.89 Å². The lowest BCUT2D eigenvalue weighted by molar-refractivity contribution is -0.00639. The summed E-state index contributed by atoms with van der Waals surface area (Å²) >= 11 is 0. The number of aromatic nitrogens is 1. The van der Waals surface area contributed by atoms with E-state index in [1.54, 1.807) is 6.07 Å². The van der Waals surface area contributed by atoms with Crippen LogP contribution in [-0.2, 0) is 11.3 Å².